The van der Waals surface area contributed by atoms with E-state index in [9.17, 15) is 4.79 Å². The monoisotopic (exact) mass is 424 g/mol. The van der Waals surface area contributed by atoms with Gasteiger partial charge in [-0.25, -0.2) is 4.98 Å². The molecule has 3 rings (SSSR count). The maximum absolute atomic E-state index is 12.6. The number of unbranched alkanes of at least 4 members (excludes halogenated alkanes) is 1. The molecule has 158 valence electrons. The van der Waals surface area contributed by atoms with Gasteiger partial charge in [0.2, 0.25) is 0 Å². The predicted octanol–water partition coefficient (Wildman–Crippen LogP) is 5.50. The summed E-state index contributed by atoms with van der Waals surface area (Å²) in [5, 5.41) is 0.743. The maximum Gasteiger partial charge on any atom is 0.309 e. The molecule has 0 spiro atoms. The minimum atomic E-state index is -0.266. The lowest BCUT2D eigenvalue weighted by molar-refractivity contribution is -0.145. The van der Waals surface area contributed by atoms with E-state index in [0.717, 1.165) is 46.9 Å². The number of imidazole rings is 1. The minimum absolute atomic E-state index is 0.195. The summed E-state index contributed by atoms with van der Waals surface area (Å²) in [6.45, 7) is 2.82. The Balaban J connectivity index is 1.89. The number of benzene rings is 2. The fourth-order valence-electron chi connectivity index (χ4n) is 3.70. The number of nitrogens with zero attached hydrogens (tertiary/aromatic N) is 2. The quantitative estimate of drug-likeness (QED) is 0.403. The third-order valence-corrected chi connectivity index (χ3v) is 5.74. The van der Waals surface area contributed by atoms with Gasteiger partial charge in [-0.3, -0.25) is 4.79 Å². The lowest BCUT2D eigenvalue weighted by Gasteiger charge is -2.18. The van der Waals surface area contributed by atoms with Crippen LogP contribution in [0, 0.1) is 5.92 Å². The van der Waals surface area contributed by atoms with Crippen molar-refractivity contribution in [2.45, 2.75) is 45.6 Å². The van der Waals surface area contributed by atoms with Crippen LogP contribution in [0.25, 0.3) is 0 Å². The number of rotatable bonds is 10. The van der Waals surface area contributed by atoms with Crippen LogP contribution in [0.1, 0.15) is 42.4 Å². The molecule has 0 fully saturated rings. The minimum Gasteiger partial charge on any atom is -0.469 e. The molecule has 3 aromatic rings. The summed E-state index contributed by atoms with van der Waals surface area (Å²) in [7, 11) is 1.45. The molecule has 0 N–H and O–H groups in total. The normalized spacial score (nSPS) is 12.0. The fourth-order valence-corrected chi connectivity index (χ4v) is 3.89. The predicted molar refractivity (Wildman–Crippen MR) is 121 cm³/mol. The van der Waals surface area contributed by atoms with Crippen LogP contribution in [0.2, 0.25) is 5.02 Å². The molecule has 0 radical (unpaired) electrons. The molecule has 0 amide bonds. The second kappa shape index (κ2) is 11.0. The van der Waals surface area contributed by atoms with Crippen molar-refractivity contribution in [1.82, 2.24) is 9.55 Å². The molecule has 0 aliphatic rings. The molecule has 0 aliphatic heterocycles. The Kier molecular flexibility index (Phi) is 8.09. The first-order valence-electron chi connectivity index (χ1n) is 10.5. The molecule has 5 heteroatoms. The number of hydrogen-bond acceptors (Lipinski definition) is 3. The van der Waals surface area contributed by atoms with Crippen LogP contribution in [0.3, 0.4) is 0 Å². The molecule has 1 heterocycles. The first-order valence-corrected chi connectivity index (χ1v) is 10.9. The highest BCUT2D eigenvalue weighted by Gasteiger charge is 2.23. The van der Waals surface area contributed by atoms with Crippen molar-refractivity contribution in [2.24, 2.45) is 5.92 Å². The second-order valence-corrected chi connectivity index (χ2v) is 7.97. The van der Waals surface area contributed by atoms with Gasteiger partial charge in [-0.1, -0.05) is 73.5 Å². The third kappa shape index (κ3) is 5.73. The first-order chi connectivity index (χ1) is 14.6. The summed E-state index contributed by atoms with van der Waals surface area (Å²) in [6, 6.07) is 17.9. The number of ether oxygens (including phenoxy) is 1. The van der Waals surface area contributed by atoms with Gasteiger partial charge in [-0.15, -0.1) is 0 Å². The van der Waals surface area contributed by atoms with Crippen molar-refractivity contribution in [2.75, 3.05) is 7.11 Å². The molecule has 1 unspecified atom stereocenters. The van der Waals surface area contributed by atoms with Crippen LogP contribution in [0.15, 0.2) is 60.8 Å². The average Bonchev–Trinajstić information content (AvgIpc) is 3.14. The summed E-state index contributed by atoms with van der Waals surface area (Å²) >= 11 is 6.43. The molecule has 0 saturated heterocycles. The van der Waals surface area contributed by atoms with E-state index >= 15 is 0 Å². The molecule has 4 nitrogen and oxygen atoms in total. The molecule has 0 aliphatic carbocycles. The van der Waals surface area contributed by atoms with Gasteiger partial charge in [0.05, 0.1) is 19.6 Å². The highest BCUT2D eigenvalue weighted by atomic mass is 35.5. The van der Waals surface area contributed by atoms with Crippen molar-refractivity contribution in [3.05, 3.63) is 88.5 Å². The summed E-state index contributed by atoms with van der Waals surface area (Å²) in [4.78, 5) is 17.2. The number of methoxy groups -OCH3 is 1. The zero-order valence-corrected chi connectivity index (χ0v) is 18.4. The van der Waals surface area contributed by atoms with Crippen molar-refractivity contribution in [3.8, 4) is 0 Å². The highest BCUT2D eigenvalue weighted by Crippen LogP contribution is 2.22. The molecule has 2 aromatic carbocycles. The topological polar surface area (TPSA) is 44.1 Å². The lowest BCUT2D eigenvalue weighted by Crippen LogP contribution is -2.23. The molecule has 1 atom stereocenters. The summed E-state index contributed by atoms with van der Waals surface area (Å²) in [5.74, 6) is 0.577. The van der Waals surface area contributed by atoms with Crippen LogP contribution in [0.4, 0.5) is 0 Å². The van der Waals surface area contributed by atoms with E-state index in [1.54, 1.807) is 0 Å². The van der Waals surface area contributed by atoms with E-state index in [4.69, 9.17) is 21.3 Å². The number of hydrogen-bond donors (Lipinski definition) is 0. The van der Waals surface area contributed by atoms with Crippen LogP contribution in [-0.4, -0.2) is 22.6 Å². The number of carbonyl (C=O) groups excluding carboxylic acids is 1. The van der Waals surface area contributed by atoms with E-state index in [1.807, 2.05) is 60.8 Å². The van der Waals surface area contributed by atoms with Gasteiger partial charge in [0.15, 0.2) is 0 Å². The Morgan fingerprint density at radius 3 is 2.53 bits per heavy atom. The van der Waals surface area contributed by atoms with Gasteiger partial charge in [0.25, 0.3) is 0 Å². The SMILES string of the molecule is CCCCc1ncc(CC(Cc2ccccc2)C(=O)OC)n1Cc1ccccc1Cl. The number of carbonyl (C=O) groups is 1. The van der Waals surface area contributed by atoms with Gasteiger partial charge < -0.3 is 9.30 Å². The number of aryl methyl sites for hydroxylation is 1. The van der Waals surface area contributed by atoms with E-state index < -0.39 is 0 Å². The lowest BCUT2D eigenvalue weighted by atomic mass is 9.95. The van der Waals surface area contributed by atoms with Crippen molar-refractivity contribution in [1.29, 1.82) is 0 Å². The van der Waals surface area contributed by atoms with E-state index in [0.29, 0.717) is 19.4 Å². The zero-order chi connectivity index (χ0) is 21.3. The van der Waals surface area contributed by atoms with Crippen molar-refractivity contribution >= 4 is 17.6 Å². The van der Waals surface area contributed by atoms with Gasteiger partial charge in [-0.2, -0.15) is 0 Å². The van der Waals surface area contributed by atoms with E-state index in [2.05, 4.69) is 11.5 Å². The molecule has 30 heavy (non-hydrogen) atoms. The van der Waals surface area contributed by atoms with E-state index in [-0.39, 0.29) is 11.9 Å². The average molecular weight is 425 g/mol. The van der Waals surface area contributed by atoms with Gasteiger partial charge in [-0.05, 0) is 30.0 Å². The van der Waals surface area contributed by atoms with Gasteiger partial charge in [0, 0.05) is 29.8 Å². The van der Waals surface area contributed by atoms with Crippen LogP contribution in [-0.2, 0) is 35.3 Å². The number of esters is 1. The maximum atomic E-state index is 12.6. The van der Waals surface area contributed by atoms with E-state index in [1.165, 1.54) is 7.11 Å². The molecular weight excluding hydrogens is 396 g/mol. The molecular formula is C25H29ClN2O2. The summed E-state index contributed by atoms with van der Waals surface area (Å²) in [5.41, 5.74) is 3.21. The molecule has 0 saturated carbocycles. The fraction of sp³-hybridized carbons (Fsp3) is 0.360. The van der Waals surface area contributed by atoms with Gasteiger partial charge >= 0.3 is 5.97 Å². The number of halogens is 1. The Morgan fingerprint density at radius 1 is 1.10 bits per heavy atom. The Bertz CT molecular complexity index is 953. The standard InChI is InChI=1S/C25H29ClN2O2/c1-3-4-14-24-27-17-22(28(24)18-20-12-8-9-13-23(20)26)16-21(25(29)30-2)15-19-10-6-5-7-11-19/h5-13,17,21H,3-4,14-16,18H2,1-2H3. The van der Waals surface area contributed by atoms with Crippen molar-refractivity contribution in [3.63, 3.8) is 0 Å². The summed E-state index contributed by atoms with van der Waals surface area (Å²) in [6.07, 6.45) is 6.20. The number of aromatic nitrogens is 2. The van der Waals surface area contributed by atoms with Gasteiger partial charge in [0.1, 0.15) is 5.82 Å². The van der Waals surface area contributed by atoms with Crippen LogP contribution in [0.5, 0.6) is 0 Å². The highest BCUT2D eigenvalue weighted by molar-refractivity contribution is 6.31. The Labute approximate surface area is 183 Å². The second-order valence-electron chi connectivity index (χ2n) is 7.56. The van der Waals surface area contributed by atoms with Crippen LogP contribution >= 0.6 is 11.6 Å². The van der Waals surface area contributed by atoms with Crippen LogP contribution < -0.4 is 0 Å². The zero-order valence-electron chi connectivity index (χ0n) is 17.7. The largest absolute Gasteiger partial charge is 0.469 e. The Morgan fingerprint density at radius 2 is 1.83 bits per heavy atom. The van der Waals surface area contributed by atoms with Crippen molar-refractivity contribution < 1.29 is 9.53 Å². The summed E-state index contributed by atoms with van der Waals surface area (Å²) < 4.78 is 7.34. The first kappa shape index (κ1) is 22.1. The molecule has 0 bridgehead atoms. The Hall–Kier alpha value is -2.59. The molecule has 1 aromatic heterocycles. The third-order valence-electron chi connectivity index (χ3n) is 5.38. The smallest absolute Gasteiger partial charge is 0.309 e.